The molecule has 1 heterocycles. The van der Waals surface area contributed by atoms with E-state index in [1.54, 1.807) is 11.3 Å². The normalized spacial score (nSPS) is 12.2. The number of aromatic nitrogens is 1. The summed E-state index contributed by atoms with van der Waals surface area (Å²) in [5.74, 6) is -0.0206. The third-order valence-corrected chi connectivity index (χ3v) is 3.83. The number of rotatable bonds is 4. The highest BCUT2D eigenvalue weighted by atomic mass is 35.5. The number of nitrogens with zero attached hydrogens (tertiary/aromatic N) is 1. The molecule has 2 aromatic rings. The second-order valence-electron chi connectivity index (χ2n) is 4.38. The van der Waals surface area contributed by atoms with E-state index in [0.717, 1.165) is 16.3 Å². The molecule has 1 aromatic carbocycles. The lowest BCUT2D eigenvalue weighted by Crippen LogP contribution is -2.28. The van der Waals surface area contributed by atoms with Crippen molar-refractivity contribution in [2.75, 3.05) is 0 Å². The summed E-state index contributed by atoms with van der Waals surface area (Å²) in [4.78, 5) is 16.2. The third-order valence-electron chi connectivity index (χ3n) is 2.76. The first-order valence-electron chi connectivity index (χ1n) is 6.00. The van der Waals surface area contributed by atoms with Crippen LogP contribution < -0.4 is 5.32 Å². The number of aryl methyl sites for hydroxylation is 1. The Hall–Kier alpha value is -1.39. The lowest BCUT2D eigenvalue weighted by molar-refractivity contribution is -0.121. The summed E-state index contributed by atoms with van der Waals surface area (Å²) in [5.41, 5.74) is 1.86. The van der Waals surface area contributed by atoms with Crippen molar-refractivity contribution >= 4 is 28.8 Å². The van der Waals surface area contributed by atoms with Gasteiger partial charge in [0.1, 0.15) is 0 Å². The Morgan fingerprint density at radius 2 is 2.11 bits per heavy atom. The van der Waals surface area contributed by atoms with Gasteiger partial charge in [-0.25, -0.2) is 4.98 Å². The summed E-state index contributed by atoms with van der Waals surface area (Å²) >= 11 is 7.39. The van der Waals surface area contributed by atoms with Gasteiger partial charge >= 0.3 is 0 Å². The number of thiazole rings is 1. The van der Waals surface area contributed by atoms with E-state index in [-0.39, 0.29) is 11.9 Å². The number of nitrogens with one attached hydrogen (secondary N) is 1. The molecule has 19 heavy (non-hydrogen) atoms. The van der Waals surface area contributed by atoms with Crippen LogP contribution in [0.15, 0.2) is 29.6 Å². The molecular formula is C14H15ClN2OS. The van der Waals surface area contributed by atoms with Gasteiger partial charge in [-0.15, -0.1) is 11.3 Å². The molecule has 0 aliphatic rings. The maximum absolute atomic E-state index is 11.9. The molecule has 1 aromatic heterocycles. The van der Waals surface area contributed by atoms with Crippen LogP contribution in [-0.4, -0.2) is 10.9 Å². The number of hydrogen-bond donors (Lipinski definition) is 1. The number of amides is 1. The van der Waals surface area contributed by atoms with Gasteiger partial charge in [0.25, 0.3) is 0 Å². The molecule has 1 N–H and O–H groups in total. The van der Waals surface area contributed by atoms with E-state index in [9.17, 15) is 4.79 Å². The molecule has 0 spiro atoms. The lowest BCUT2D eigenvalue weighted by Gasteiger charge is -2.14. The Morgan fingerprint density at radius 1 is 1.42 bits per heavy atom. The Kier molecular flexibility index (Phi) is 4.56. The zero-order chi connectivity index (χ0) is 13.8. The van der Waals surface area contributed by atoms with Crippen molar-refractivity contribution in [3.63, 3.8) is 0 Å². The molecule has 0 fully saturated rings. The van der Waals surface area contributed by atoms with Gasteiger partial charge in [-0.05, 0) is 31.5 Å². The van der Waals surface area contributed by atoms with Gasteiger partial charge in [-0.1, -0.05) is 23.7 Å². The summed E-state index contributed by atoms with van der Waals surface area (Å²) in [5, 5.41) is 6.55. The largest absolute Gasteiger partial charge is 0.349 e. The molecule has 2 rings (SSSR count). The Labute approximate surface area is 121 Å². The van der Waals surface area contributed by atoms with Crippen LogP contribution in [0.2, 0.25) is 5.02 Å². The van der Waals surface area contributed by atoms with Gasteiger partial charge in [-0.2, -0.15) is 0 Å². The van der Waals surface area contributed by atoms with Crippen molar-refractivity contribution in [1.29, 1.82) is 0 Å². The molecule has 100 valence electrons. The molecule has 5 heteroatoms. The molecule has 1 amide bonds. The SMILES string of the molecule is Cc1nc(CC(=O)NC(C)c2ccc(Cl)cc2)cs1. The summed E-state index contributed by atoms with van der Waals surface area (Å²) in [6.45, 7) is 3.88. The smallest absolute Gasteiger partial charge is 0.226 e. The Morgan fingerprint density at radius 3 is 2.68 bits per heavy atom. The van der Waals surface area contributed by atoms with Crippen LogP contribution in [0.5, 0.6) is 0 Å². The molecule has 1 unspecified atom stereocenters. The predicted octanol–water partition coefficient (Wildman–Crippen LogP) is 3.52. The maximum Gasteiger partial charge on any atom is 0.226 e. The fourth-order valence-electron chi connectivity index (χ4n) is 1.78. The molecule has 0 aliphatic heterocycles. The van der Waals surface area contributed by atoms with E-state index in [0.29, 0.717) is 11.4 Å². The van der Waals surface area contributed by atoms with E-state index in [1.807, 2.05) is 43.5 Å². The summed E-state index contributed by atoms with van der Waals surface area (Å²) in [7, 11) is 0. The molecule has 0 radical (unpaired) electrons. The topological polar surface area (TPSA) is 42.0 Å². The standard InChI is InChI=1S/C14H15ClN2OS/c1-9(11-3-5-12(15)6-4-11)16-14(18)7-13-8-19-10(2)17-13/h3-6,8-9H,7H2,1-2H3,(H,16,18). The molecular weight excluding hydrogens is 280 g/mol. The lowest BCUT2D eigenvalue weighted by atomic mass is 10.1. The predicted molar refractivity (Wildman–Crippen MR) is 78.6 cm³/mol. The fraction of sp³-hybridized carbons (Fsp3) is 0.286. The first-order chi connectivity index (χ1) is 9.04. The van der Waals surface area contributed by atoms with Gasteiger partial charge < -0.3 is 5.32 Å². The average Bonchev–Trinajstić information content (AvgIpc) is 2.75. The first kappa shape index (κ1) is 14.0. The van der Waals surface area contributed by atoms with Crippen LogP contribution in [0, 0.1) is 6.92 Å². The van der Waals surface area contributed by atoms with Crippen LogP contribution >= 0.6 is 22.9 Å². The summed E-state index contributed by atoms with van der Waals surface area (Å²) in [6.07, 6.45) is 0.322. The highest BCUT2D eigenvalue weighted by Crippen LogP contribution is 2.16. The van der Waals surface area contributed by atoms with Crippen LogP contribution in [0.25, 0.3) is 0 Å². The minimum atomic E-state index is -0.0375. The number of benzene rings is 1. The molecule has 0 saturated carbocycles. The van der Waals surface area contributed by atoms with Crippen LogP contribution in [0.1, 0.15) is 29.2 Å². The molecule has 0 bridgehead atoms. The average molecular weight is 295 g/mol. The molecule has 0 aliphatic carbocycles. The minimum Gasteiger partial charge on any atom is -0.349 e. The van der Waals surface area contributed by atoms with Gasteiger partial charge in [0, 0.05) is 10.4 Å². The number of carbonyl (C=O) groups is 1. The highest BCUT2D eigenvalue weighted by molar-refractivity contribution is 7.09. The van der Waals surface area contributed by atoms with Gasteiger partial charge in [-0.3, -0.25) is 4.79 Å². The van der Waals surface area contributed by atoms with E-state index >= 15 is 0 Å². The van der Waals surface area contributed by atoms with Gasteiger partial charge in [0.05, 0.1) is 23.2 Å². The maximum atomic E-state index is 11.9. The molecule has 1 atom stereocenters. The molecule has 0 saturated heterocycles. The summed E-state index contributed by atoms with van der Waals surface area (Å²) < 4.78 is 0. The number of halogens is 1. The van der Waals surface area contributed by atoms with Crippen LogP contribution in [0.4, 0.5) is 0 Å². The third kappa shape index (κ3) is 4.04. The van der Waals surface area contributed by atoms with Crippen LogP contribution in [0.3, 0.4) is 0 Å². The minimum absolute atomic E-state index is 0.0206. The zero-order valence-electron chi connectivity index (χ0n) is 10.8. The summed E-state index contributed by atoms with van der Waals surface area (Å²) in [6, 6.07) is 7.44. The van der Waals surface area contributed by atoms with E-state index < -0.39 is 0 Å². The second kappa shape index (κ2) is 6.17. The van der Waals surface area contributed by atoms with Crippen molar-refractivity contribution in [3.05, 3.63) is 50.9 Å². The molecule has 3 nitrogen and oxygen atoms in total. The van der Waals surface area contributed by atoms with Crippen LogP contribution in [-0.2, 0) is 11.2 Å². The Balaban J connectivity index is 1.93. The Bertz CT molecular complexity index is 565. The van der Waals surface area contributed by atoms with Crippen molar-refractivity contribution in [2.24, 2.45) is 0 Å². The van der Waals surface area contributed by atoms with Crippen molar-refractivity contribution in [1.82, 2.24) is 10.3 Å². The van der Waals surface area contributed by atoms with E-state index in [4.69, 9.17) is 11.6 Å². The quantitative estimate of drug-likeness (QED) is 0.937. The van der Waals surface area contributed by atoms with E-state index in [1.165, 1.54) is 0 Å². The number of carbonyl (C=O) groups excluding carboxylic acids is 1. The zero-order valence-corrected chi connectivity index (χ0v) is 12.4. The number of hydrogen-bond acceptors (Lipinski definition) is 3. The fourth-order valence-corrected chi connectivity index (χ4v) is 2.52. The first-order valence-corrected chi connectivity index (χ1v) is 7.26. The van der Waals surface area contributed by atoms with E-state index in [2.05, 4.69) is 10.3 Å². The van der Waals surface area contributed by atoms with Gasteiger partial charge in [0.15, 0.2) is 0 Å². The second-order valence-corrected chi connectivity index (χ2v) is 5.87. The van der Waals surface area contributed by atoms with Gasteiger partial charge in [0.2, 0.25) is 5.91 Å². The monoisotopic (exact) mass is 294 g/mol. The highest BCUT2D eigenvalue weighted by Gasteiger charge is 2.11. The van der Waals surface area contributed by atoms with Crippen molar-refractivity contribution in [3.8, 4) is 0 Å². The van der Waals surface area contributed by atoms with Crippen molar-refractivity contribution in [2.45, 2.75) is 26.3 Å². The van der Waals surface area contributed by atoms with Crippen molar-refractivity contribution < 1.29 is 4.79 Å².